The number of hydrogen-bond acceptors (Lipinski definition) is 8. The van der Waals surface area contributed by atoms with Gasteiger partial charge < -0.3 is 33.4 Å². The average Bonchev–Trinajstić information content (AvgIpc) is 3.22. The predicted octanol–water partition coefficient (Wildman–Crippen LogP) is 2.72. The Labute approximate surface area is 172 Å². The molecule has 0 fully saturated rings. The van der Waals surface area contributed by atoms with Crippen molar-refractivity contribution in [3.63, 3.8) is 0 Å². The first-order valence-electron chi connectivity index (χ1n) is 9.84. The molecule has 1 atom stereocenters. The van der Waals surface area contributed by atoms with Crippen LogP contribution in [-0.4, -0.2) is 39.2 Å². The summed E-state index contributed by atoms with van der Waals surface area (Å²) in [5, 5.41) is 3.91. The highest BCUT2D eigenvalue weighted by atomic mass is 16.7. The van der Waals surface area contributed by atoms with Gasteiger partial charge in [0.1, 0.15) is 24.0 Å². The van der Waals surface area contributed by atoms with Crippen molar-refractivity contribution >= 4 is 11.0 Å². The zero-order valence-corrected chi connectivity index (χ0v) is 16.2. The largest absolute Gasteiger partial charge is 0.493 e. The highest BCUT2D eigenvalue weighted by Gasteiger charge is 2.25. The minimum Gasteiger partial charge on any atom is -0.493 e. The monoisotopic (exact) mass is 411 g/mol. The Kier molecular flexibility index (Phi) is 5.06. The SMILES string of the molecule is O=c1ccoc2cc(OCCCNCC3COc4cc5c(cc4O3)OCO5)ccc12. The van der Waals surface area contributed by atoms with Crippen LogP contribution in [0, 0.1) is 0 Å². The van der Waals surface area contributed by atoms with Crippen LogP contribution in [0.5, 0.6) is 28.7 Å². The molecule has 0 radical (unpaired) electrons. The second kappa shape index (κ2) is 8.16. The van der Waals surface area contributed by atoms with Crippen molar-refractivity contribution in [3.8, 4) is 28.7 Å². The van der Waals surface area contributed by atoms with Crippen LogP contribution in [0.4, 0.5) is 0 Å². The van der Waals surface area contributed by atoms with E-state index in [2.05, 4.69) is 5.32 Å². The van der Waals surface area contributed by atoms with Crippen molar-refractivity contribution < 1.29 is 28.1 Å². The Balaban J connectivity index is 1.05. The standard InChI is InChI=1S/C22H21NO7/c24-17-4-7-26-18-8-14(2-3-16(17)18)25-6-1-5-23-11-15-12-27-21-9-19-20(29-13-28-19)10-22(21)30-15/h2-4,7-10,15,23H,1,5-6,11-13H2. The molecule has 3 aromatic rings. The molecule has 0 amide bonds. The smallest absolute Gasteiger partial charge is 0.231 e. The molecule has 0 spiro atoms. The highest BCUT2D eigenvalue weighted by Crippen LogP contribution is 2.43. The van der Waals surface area contributed by atoms with Crippen molar-refractivity contribution in [3.05, 3.63) is 52.9 Å². The Morgan fingerprint density at radius 2 is 1.83 bits per heavy atom. The molecule has 3 heterocycles. The first-order chi connectivity index (χ1) is 14.8. The Hall–Kier alpha value is -3.39. The van der Waals surface area contributed by atoms with Crippen LogP contribution in [0.15, 0.2) is 51.9 Å². The van der Waals surface area contributed by atoms with Crippen LogP contribution in [0.25, 0.3) is 11.0 Å². The number of ether oxygens (including phenoxy) is 5. The molecule has 0 bridgehead atoms. The summed E-state index contributed by atoms with van der Waals surface area (Å²) in [6.45, 7) is 2.67. The van der Waals surface area contributed by atoms with Gasteiger partial charge in [0.05, 0.1) is 18.3 Å². The molecule has 1 unspecified atom stereocenters. The van der Waals surface area contributed by atoms with Crippen LogP contribution in [0.3, 0.4) is 0 Å². The van der Waals surface area contributed by atoms with Crippen molar-refractivity contribution in [1.29, 1.82) is 0 Å². The minimum atomic E-state index is -0.0813. The van der Waals surface area contributed by atoms with Crippen molar-refractivity contribution in [2.24, 2.45) is 0 Å². The van der Waals surface area contributed by atoms with Crippen LogP contribution in [0.1, 0.15) is 6.42 Å². The Morgan fingerprint density at radius 1 is 1.00 bits per heavy atom. The summed E-state index contributed by atoms with van der Waals surface area (Å²) < 4.78 is 33.6. The van der Waals surface area contributed by atoms with E-state index >= 15 is 0 Å². The maximum Gasteiger partial charge on any atom is 0.231 e. The minimum absolute atomic E-state index is 0.0613. The summed E-state index contributed by atoms with van der Waals surface area (Å²) in [5.74, 6) is 3.38. The molecule has 1 N–H and O–H groups in total. The fraction of sp³-hybridized carbons (Fsp3) is 0.318. The summed E-state index contributed by atoms with van der Waals surface area (Å²) in [7, 11) is 0. The van der Waals surface area contributed by atoms with Crippen LogP contribution >= 0.6 is 0 Å². The molecule has 1 aromatic heterocycles. The van der Waals surface area contributed by atoms with Gasteiger partial charge in [0.15, 0.2) is 28.4 Å². The molecule has 0 saturated heterocycles. The Bertz CT molecular complexity index is 1110. The number of nitrogens with one attached hydrogen (secondary N) is 1. The van der Waals surface area contributed by atoms with E-state index in [4.69, 9.17) is 28.1 Å². The highest BCUT2D eigenvalue weighted by molar-refractivity contribution is 5.77. The normalized spacial score (nSPS) is 16.6. The first kappa shape index (κ1) is 18.6. The van der Waals surface area contributed by atoms with Gasteiger partial charge >= 0.3 is 0 Å². The second-order valence-electron chi connectivity index (χ2n) is 7.05. The molecule has 0 aliphatic carbocycles. The molecule has 8 nitrogen and oxygen atoms in total. The molecule has 2 aromatic carbocycles. The molecule has 5 rings (SSSR count). The first-order valence-corrected chi connectivity index (χ1v) is 9.84. The lowest BCUT2D eigenvalue weighted by molar-refractivity contribution is 0.0899. The van der Waals surface area contributed by atoms with Crippen LogP contribution < -0.4 is 34.4 Å². The molecule has 30 heavy (non-hydrogen) atoms. The summed E-state index contributed by atoms with van der Waals surface area (Å²) in [5.41, 5.74) is 0.462. The lowest BCUT2D eigenvalue weighted by atomic mass is 10.2. The number of rotatable bonds is 7. The quantitative estimate of drug-likeness (QED) is 0.594. The van der Waals surface area contributed by atoms with E-state index in [1.54, 1.807) is 24.3 Å². The van der Waals surface area contributed by atoms with E-state index in [0.717, 1.165) is 13.0 Å². The fourth-order valence-electron chi connectivity index (χ4n) is 3.41. The van der Waals surface area contributed by atoms with Gasteiger partial charge in [-0.1, -0.05) is 0 Å². The maximum atomic E-state index is 11.7. The van der Waals surface area contributed by atoms with Gasteiger partial charge in [-0.2, -0.15) is 0 Å². The van der Waals surface area contributed by atoms with Gasteiger partial charge in [0.2, 0.25) is 6.79 Å². The zero-order valence-electron chi connectivity index (χ0n) is 16.2. The molecular formula is C22H21NO7. The van der Waals surface area contributed by atoms with Gasteiger partial charge in [0.25, 0.3) is 0 Å². The lowest BCUT2D eigenvalue weighted by Gasteiger charge is -2.27. The summed E-state index contributed by atoms with van der Waals surface area (Å²) in [6.07, 6.45) is 2.13. The second-order valence-corrected chi connectivity index (χ2v) is 7.05. The topological polar surface area (TPSA) is 88.4 Å². The van der Waals surface area contributed by atoms with Gasteiger partial charge in [-0.15, -0.1) is 0 Å². The van der Waals surface area contributed by atoms with Gasteiger partial charge in [-0.05, 0) is 25.1 Å². The lowest BCUT2D eigenvalue weighted by Crippen LogP contribution is -2.39. The average molecular weight is 411 g/mol. The summed E-state index contributed by atoms with van der Waals surface area (Å²) in [4.78, 5) is 11.7. The van der Waals surface area contributed by atoms with E-state index in [1.807, 2.05) is 6.07 Å². The van der Waals surface area contributed by atoms with Crippen LogP contribution in [0.2, 0.25) is 0 Å². The zero-order chi connectivity index (χ0) is 20.3. The molecule has 2 aliphatic rings. The van der Waals surface area contributed by atoms with E-state index in [1.165, 1.54) is 12.3 Å². The van der Waals surface area contributed by atoms with Crippen molar-refractivity contribution in [2.75, 3.05) is 33.1 Å². The third-order valence-electron chi connectivity index (χ3n) is 4.93. The Morgan fingerprint density at radius 3 is 2.73 bits per heavy atom. The van der Waals surface area contributed by atoms with Crippen molar-refractivity contribution in [2.45, 2.75) is 12.5 Å². The summed E-state index contributed by atoms with van der Waals surface area (Å²) in [6, 6.07) is 10.3. The van der Waals surface area contributed by atoms with Gasteiger partial charge in [0, 0.05) is 30.8 Å². The summed E-state index contributed by atoms with van der Waals surface area (Å²) >= 11 is 0. The molecular weight excluding hydrogens is 390 g/mol. The number of hydrogen-bond donors (Lipinski definition) is 1. The van der Waals surface area contributed by atoms with E-state index in [-0.39, 0.29) is 18.3 Å². The van der Waals surface area contributed by atoms with E-state index in [0.29, 0.717) is 59.5 Å². The van der Waals surface area contributed by atoms with Gasteiger partial charge in [-0.3, -0.25) is 4.79 Å². The number of benzene rings is 2. The number of fused-ring (bicyclic) bond motifs is 3. The fourth-order valence-corrected chi connectivity index (χ4v) is 3.41. The van der Waals surface area contributed by atoms with E-state index < -0.39 is 0 Å². The van der Waals surface area contributed by atoms with Gasteiger partial charge in [-0.25, -0.2) is 0 Å². The molecule has 0 saturated carbocycles. The van der Waals surface area contributed by atoms with Crippen molar-refractivity contribution in [1.82, 2.24) is 5.32 Å². The molecule has 2 aliphatic heterocycles. The van der Waals surface area contributed by atoms with E-state index in [9.17, 15) is 4.79 Å². The molecule has 156 valence electrons. The maximum absolute atomic E-state index is 11.7. The van der Waals surface area contributed by atoms with Crippen LogP contribution in [-0.2, 0) is 0 Å². The third-order valence-corrected chi connectivity index (χ3v) is 4.93. The predicted molar refractivity (Wildman–Crippen MR) is 108 cm³/mol. The molecule has 8 heteroatoms. The third kappa shape index (κ3) is 3.86.